The summed E-state index contributed by atoms with van der Waals surface area (Å²) in [6, 6.07) is 14.5. The number of amides is 2. The largest absolute Gasteiger partial charge is 0.353 e. The van der Waals surface area contributed by atoms with E-state index in [1.807, 2.05) is 25.1 Å². The summed E-state index contributed by atoms with van der Waals surface area (Å²) in [6.07, 6.45) is 5.85. The lowest BCUT2D eigenvalue weighted by Crippen LogP contribution is -2.41. The van der Waals surface area contributed by atoms with E-state index in [-0.39, 0.29) is 36.5 Å². The minimum atomic E-state index is -0.525. The molecule has 35 heavy (non-hydrogen) atoms. The van der Waals surface area contributed by atoms with Crippen LogP contribution in [0.4, 0.5) is 5.69 Å². The first-order valence-corrected chi connectivity index (χ1v) is 12.3. The zero-order valence-corrected chi connectivity index (χ0v) is 20.1. The van der Waals surface area contributed by atoms with Crippen molar-refractivity contribution in [3.8, 4) is 0 Å². The lowest BCUT2D eigenvalue weighted by Gasteiger charge is -2.15. The summed E-state index contributed by atoms with van der Waals surface area (Å²) in [7, 11) is 0. The van der Waals surface area contributed by atoms with Gasteiger partial charge in [-0.25, -0.2) is 4.79 Å². The van der Waals surface area contributed by atoms with Gasteiger partial charge in [0.05, 0.1) is 10.9 Å². The highest BCUT2D eigenvalue weighted by Gasteiger charge is 2.18. The lowest BCUT2D eigenvalue weighted by molar-refractivity contribution is -0.122. The molecule has 2 N–H and O–H groups in total. The molecule has 0 saturated heterocycles. The molecule has 4 rings (SSSR count). The number of anilines is 1. The van der Waals surface area contributed by atoms with Gasteiger partial charge in [0.2, 0.25) is 11.8 Å². The highest BCUT2D eigenvalue weighted by Crippen LogP contribution is 2.18. The van der Waals surface area contributed by atoms with E-state index >= 15 is 0 Å². The van der Waals surface area contributed by atoms with Crippen LogP contribution in [0, 0.1) is 6.92 Å². The molecule has 1 saturated carbocycles. The molecule has 0 unspecified atom stereocenters. The first-order valence-electron chi connectivity index (χ1n) is 12.3. The Labute approximate surface area is 204 Å². The van der Waals surface area contributed by atoms with Crippen LogP contribution in [0.15, 0.2) is 58.1 Å². The lowest BCUT2D eigenvalue weighted by atomic mass is 10.2. The van der Waals surface area contributed by atoms with Crippen LogP contribution in [-0.2, 0) is 22.7 Å². The second-order valence-corrected chi connectivity index (χ2v) is 9.27. The predicted octanol–water partition coefficient (Wildman–Crippen LogP) is 3.34. The fraction of sp³-hybridized carbons (Fsp3) is 0.407. The van der Waals surface area contributed by atoms with Gasteiger partial charge >= 0.3 is 5.69 Å². The highest BCUT2D eigenvalue weighted by molar-refractivity contribution is 5.91. The van der Waals surface area contributed by atoms with Crippen LogP contribution in [0.3, 0.4) is 0 Å². The van der Waals surface area contributed by atoms with Gasteiger partial charge in [-0.05, 0) is 62.4 Å². The number of nitrogens with zero attached hydrogens (tertiary/aromatic N) is 2. The fourth-order valence-corrected chi connectivity index (χ4v) is 4.71. The molecule has 0 spiro atoms. The quantitative estimate of drug-likeness (QED) is 0.463. The van der Waals surface area contributed by atoms with Crippen molar-refractivity contribution in [3.63, 3.8) is 0 Å². The average Bonchev–Trinajstić information content (AvgIpc) is 3.34. The van der Waals surface area contributed by atoms with Gasteiger partial charge in [-0.1, -0.05) is 37.1 Å². The summed E-state index contributed by atoms with van der Waals surface area (Å²) in [5, 5.41) is 6.27. The summed E-state index contributed by atoms with van der Waals surface area (Å²) in [4.78, 5) is 51.2. The van der Waals surface area contributed by atoms with Gasteiger partial charge in [0.25, 0.3) is 5.56 Å². The van der Waals surface area contributed by atoms with E-state index in [4.69, 9.17) is 0 Å². The Morgan fingerprint density at radius 1 is 0.943 bits per heavy atom. The van der Waals surface area contributed by atoms with Crippen LogP contribution in [0.1, 0.15) is 50.5 Å². The molecule has 0 radical (unpaired) electrons. The number of fused-ring (bicyclic) bond motifs is 1. The van der Waals surface area contributed by atoms with Gasteiger partial charge < -0.3 is 10.6 Å². The van der Waals surface area contributed by atoms with E-state index in [1.165, 1.54) is 9.13 Å². The van der Waals surface area contributed by atoms with Gasteiger partial charge in [-0.3, -0.25) is 23.5 Å². The maximum absolute atomic E-state index is 13.3. The molecule has 3 aromatic rings. The molecule has 0 aliphatic heterocycles. The Balaban J connectivity index is 1.47. The smallest absolute Gasteiger partial charge is 0.331 e. The molecular weight excluding hydrogens is 444 g/mol. The third-order valence-corrected chi connectivity index (χ3v) is 6.49. The molecule has 8 heteroatoms. The summed E-state index contributed by atoms with van der Waals surface area (Å²) < 4.78 is 2.52. The summed E-state index contributed by atoms with van der Waals surface area (Å²) in [6.45, 7) is 1.91. The van der Waals surface area contributed by atoms with Crippen LogP contribution < -0.4 is 21.9 Å². The number of para-hydroxylation sites is 1. The van der Waals surface area contributed by atoms with Gasteiger partial charge in [0, 0.05) is 24.7 Å². The van der Waals surface area contributed by atoms with Crippen molar-refractivity contribution < 1.29 is 9.59 Å². The number of hydrogen-bond donors (Lipinski definition) is 2. The number of nitrogens with one attached hydrogen (secondary N) is 2. The third-order valence-electron chi connectivity index (χ3n) is 6.49. The second kappa shape index (κ2) is 11.2. The van der Waals surface area contributed by atoms with E-state index in [9.17, 15) is 19.2 Å². The van der Waals surface area contributed by atoms with Crippen LogP contribution in [0.25, 0.3) is 10.9 Å². The molecule has 8 nitrogen and oxygen atoms in total. The molecule has 184 valence electrons. The number of hydrogen-bond acceptors (Lipinski definition) is 4. The standard InChI is InChI=1S/C27H32N4O4/c1-19-9-8-12-21(17-19)29-25(33)18-31-23-14-5-4-13-22(23)26(34)30(27(31)35)16-7-6-15-24(32)28-20-10-2-3-11-20/h4-5,8-9,12-14,17,20H,2-3,6-7,10-11,15-16,18H2,1H3,(H,28,32)(H,29,33). The zero-order valence-electron chi connectivity index (χ0n) is 20.1. The van der Waals surface area contributed by atoms with Crippen LogP contribution in [0.5, 0.6) is 0 Å². The van der Waals surface area contributed by atoms with Crippen molar-refractivity contribution in [3.05, 3.63) is 74.9 Å². The van der Waals surface area contributed by atoms with Gasteiger partial charge in [0.1, 0.15) is 6.54 Å². The fourth-order valence-electron chi connectivity index (χ4n) is 4.71. The zero-order chi connectivity index (χ0) is 24.8. The summed E-state index contributed by atoms with van der Waals surface area (Å²) >= 11 is 0. The number of benzene rings is 2. The SMILES string of the molecule is Cc1cccc(NC(=O)Cn2c(=O)n(CCCCC(=O)NC3CCCC3)c(=O)c3ccccc32)c1. The van der Waals surface area contributed by atoms with Crippen LogP contribution >= 0.6 is 0 Å². The van der Waals surface area contributed by atoms with Crippen LogP contribution in [-0.4, -0.2) is 27.0 Å². The minimum Gasteiger partial charge on any atom is -0.353 e. The molecule has 2 amide bonds. The summed E-state index contributed by atoms with van der Waals surface area (Å²) in [5.74, 6) is -0.329. The van der Waals surface area contributed by atoms with E-state index in [0.717, 1.165) is 31.2 Å². The molecule has 1 heterocycles. The van der Waals surface area contributed by atoms with Crippen molar-refractivity contribution >= 4 is 28.4 Å². The number of unbranched alkanes of at least 4 members (excludes halogenated alkanes) is 1. The van der Waals surface area contributed by atoms with Gasteiger partial charge in [-0.2, -0.15) is 0 Å². The van der Waals surface area contributed by atoms with Crippen molar-refractivity contribution in [2.24, 2.45) is 0 Å². The molecule has 0 atom stereocenters. The molecule has 1 aromatic heterocycles. The van der Waals surface area contributed by atoms with Gasteiger partial charge in [0.15, 0.2) is 0 Å². The molecule has 2 aromatic carbocycles. The Kier molecular flexibility index (Phi) is 7.80. The van der Waals surface area contributed by atoms with Crippen molar-refractivity contribution in [1.82, 2.24) is 14.5 Å². The highest BCUT2D eigenvalue weighted by atomic mass is 16.2. The maximum Gasteiger partial charge on any atom is 0.331 e. The Morgan fingerprint density at radius 2 is 1.71 bits per heavy atom. The second-order valence-electron chi connectivity index (χ2n) is 9.27. The number of carbonyl (C=O) groups is 2. The Hall–Kier alpha value is -3.68. The Bertz CT molecular complexity index is 1330. The number of carbonyl (C=O) groups excluding carboxylic acids is 2. The number of aromatic nitrogens is 2. The molecule has 1 aliphatic carbocycles. The first kappa shape index (κ1) is 24.4. The monoisotopic (exact) mass is 476 g/mol. The number of aryl methyl sites for hydroxylation is 1. The van der Waals surface area contributed by atoms with Crippen molar-refractivity contribution in [1.29, 1.82) is 0 Å². The van der Waals surface area contributed by atoms with E-state index < -0.39 is 5.69 Å². The molecule has 0 bridgehead atoms. The van der Waals surface area contributed by atoms with Crippen molar-refractivity contribution in [2.75, 3.05) is 5.32 Å². The van der Waals surface area contributed by atoms with Gasteiger partial charge in [-0.15, -0.1) is 0 Å². The van der Waals surface area contributed by atoms with Crippen molar-refractivity contribution in [2.45, 2.75) is 71.0 Å². The van der Waals surface area contributed by atoms with Crippen LogP contribution in [0.2, 0.25) is 0 Å². The molecular formula is C27H32N4O4. The molecule has 1 fully saturated rings. The Morgan fingerprint density at radius 3 is 2.49 bits per heavy atom. The number of rotatable bonds is 9. The summed E-state index contributed by atoms with van der Waals surface area (Å²) in [5.41, 5.74) is 1.18. The average molecular weight is 477 g/mol. The minimum absolute atomic E-state index is 0.0213. The van der Waals surface area contributed by atoms with E-state index in [0.29, 0.717) is 35.9 Å². The van der Waals surface area contributed by atoms with E-state index in [2.05, 4.69) is 10.6 Å². The first-order chi connectivity index (χ1) is 16.9. The third kappa shape index (κ3) is 6.07. The predicted molar refractivity (Wildman–Crippen MR) is 137 cm³/mol. The van der Waals surface area contributed by atoms with E-state index in [1.54, 1.807) is 30.3 Å². The molecule has 1 aliphatic rings. The maximum atomic E-state index is 13.3. The topological polar surface area (TPSA) is 102 Å². The normalized spacial score (nSPS) is 13.7.